The maximum Gasteiger partial charge on any atom is 1.00 e. The van der Waals surface area contributed by atoms with Gasteiger partial charge in [-0.25, -0.2) is 8.42 Å². The second-order valence-electron chi connectivity index (χ2n) is 3.18. The molecule has 1 aromatic rings. The summed E-state index contributed by atoms with van der Waals surface area (Å²) in [4.78, 5) is 0. The molecule has 1 aromatic heterocycles. The fraction of sp³-hybridized carbons (Fsp3) is 0.750. The molecule has 0 unspecified atom stereocenters. The Balaban J connectivity index is 0.00000256. The average molecular weight is 288 g/mol. The third kappa shape index (κ3) is 8.17. The van der Waals surface area contributed by atoms with Gasteiger partial charge in [-0.2, -0.15) is 0 Å². The second kappa shape index (κ2) is 8.49. The quantitative estimate of drug-likeness (QED) is 0.249. The van der Waals surface area contributed by atoms with E-state index >= 15 is 0 Å². The fourth-order valence-electron chi connectivity index (χ4n) is 1.01. The van der Waals surface area contributed by atoms with Crippen LogP contribution in [0, 0.1) is 0 Å². The molecule has 0 saturated heterocycles. The molecule has 0 amide bonds. The number of thioether (sulfide) groups is 1. The summed E-state index contributed by atoms with van der Waals surface area (Å²) in [5.41, 5.74) is 0. The standard InChI is InChI=1S/C8H14N2O4S2.Na/c1-2-4-7-9-10-8(14-7)15-5-3-6-16(11,12)13;/h2-6H2,1H3,(H,11,12,13);/q;+1/p-1. The number of aromatic nitrogens is 2. The van der Waals surface area contributed by atoms with Crippen LogP contribution in [-0.4, -0.2) is 34.7 Å². The van der Waals surface area contributed by atoms with Gasteiger partial charge >= 0.3 is 29.6 Å². The molecule has 0 aliphatic rings. The van der Waals surface area contributed by atoms with E-state index in [1.54, 1.807) is 0 Å². The Morgan fingerprint density at radius 2 is 2.12 bits per heavy atom. The van der Waals surface area contributed by atoms with E-state index < -0.39 is 10.1 Å². The molecule has 0 radical (unpaired) electrons. The van der Waals surface area contributed by atoms with Crippen LogP contribution >= 0.6 is 11.8 Å². The summed E-state index contributed by atoms with van der Waals surface area (Å²) in [5, 5.41) is 8.03. The molecule has 17 heavy (non-hydrogen) atoms. The Bertz CT molecular complexity index is 421. The van der Waals surface area contributed by atoms with Crippen LogP contribution in [0.25, 0.3) is 0 Å². The Hall–Kier alpha value is 0.400. The van der Waals surface area contributed by atoms with E-state index in [9.17, 15) is 13.0 Å². The maximum absolute atomic E-state index is 10.3. The molecule has 1 rings (SSSR count). The van der Waals surface area contributed by atoms with Crippen LogP contribution in [0.1, 0.15) is 25.7 Å². The van der Waals surface area contributed by atoms with Crippen LogP contribution in [0.5, 0.6) is 0 Å². The van der Waals surface area contributed by atoms with E-state index in [0.29, 0.717) is 23.3 Å². The van der Waals surface area contributed by atoms with Crippen LogP contribution in [0.4, 0.5) is 0 Å². The zero-order valence-electron chi connectivity index (χ0n) is 9.88. The summed E-state index contributed by atoms with van der Waals surface area (Å²) in [6, 6.07) is 0. The van der Waals surface area contributed by atoms with Gasteiger partial charge in [-0.05, 0) is 12.8 Å². The van der Waals surface area contributed by atoms with E-state index in [0.717, 1.165) is 12.8 Å². The van der Waals surface area contributed by atoms with E-state index in [2.05, 4.69) is 10.2 Å². The number of hydrogen-bond acceptors (Lipinski definition) is 7. The molecule has 0 aliphatic carbocycles. The first kappa shape index (κ1) is 17.4. The van der Waals surface area contributed by atoms with Crippen LogP contribution in [0.3, 0.4) is 0 Å². The summed E-state index contributed by atoms with van der Waals surface area (Å²) in [6.45, 7) is 2.01. The van der Waals surface area contributed by atoms with Crippen molar-refractivity contribution in [3.63, 3.8) is 0 Å². The molecule has 6 nitrogen and oxygen atoms in total. The topological polar surface area (TPSA) is 96.1 Å². The Kier molecular flexibility index (Phi) is 8.69. The zero-order chi connectivity index (χ0) is 12.0. The molecule has 0 aromatic carbocycles. The van der Waals surface area contributed by atoms with Crippen molar-refractivity contribution in [1.29, 1.82) is 0 Å². The number of hydrogen-bond donors (Lipinski definition) is 0. The van der Waals surface area contributed by atoms with Gasteiger partial charge in [-0.3, -0.25) is 0 Å². The number of rotatable bonds is 7. The summed E-state index contributed by atoms with van der Waals surface area (Å²) in [5.74, 6) is 0.715. The summed E-state index contributed by atoms with van der Waals surface area (Å²) >= 11 is 1.26. The molecule has 0 fully saturated rings. The van der Waals surface area contributed by atoms with Gasteiger partial charge in [0.2, 0.25) is 5.89 Å². The third-order valence-corrected chi connectivity index (χ3v) is 3.37. The minimum atomic E-state index is -4.11. The first-order valence-electron chi connectivity index (χ1n) is 4.90. The molecule has 92 valence electrons. The Morgan fingerprint density at radius 1 is 1.41 bits per heavy atom. The molecule has 0 N–H and O–H groups in total. The van der Waals surface area contributed by atoms with E-state index in [1.165, 1.54) is 11.8 Å². The number of nitrogens with zero attached hydrogens (tertiary/aromatic N) is 2. The predicted molar refractivity (Wildman–Crippen MR) is 58.2 cm³/mol. The van der Waals surface area contributed by atoms with Gasteiger partial charge in [0.15, 0.2) is 0 Å². The molecule has 0 spiro atoms. The smallest absolute Gasteiger partial charge is 0.748 e. The van der Waals surface area contributed by atoms with Gasteiger partial charge in [0, 0.05) is 17.9 Å². The first-order chi connectivity index (χ1) is 7.51. The van der Waals surface area contributed by atoms with Crippen LogP contribution in [-0.2, 0) is 16.5 Å². The minimum Gasteiger partial charge on any atom is -0.748 e. The Morgan fingerprint density at radius 3 is 2.71 bits per heavy atom. The van der Waals surface area contributed by atoms with Crippen LogP contribution in [0.15, 0.2) is 9.64 Å². The van der Waals surface area contributed by atoms with E-state index in [1.807, 2.05) is 6.92 Å². The van der Waals surface area contributed by atoms with Crippen molar-refractivity contribution >= 4 is 21.9 Å². The predicted octanol–water partition coefficient (Wildman–Crippen LogP) is -1.95. The molecule has 0 atom stereocenters. The van der Waals surface area contributed by atoms with E-state index in [4.69, 9.17) is 4.42 Å². The van der Waals surface area contributed by atoms with Crippen LogP contribution in [0.2, 0.25) is 0 Å². The molecule has 9 heteroatoms. The van der Waals surface area contributed by atoms with Gasteiger partial charge in [-0.15, -0.1) is 10.2 Å². The molecular formula is C8H13N2NaO4S2. The molecule has 0 bridgehead atoms. The van der Waals surface area contributed by atoms with Crippen molar-refractivity contribution < 1.29 is 46.9 Å². The van der Waals surface area contributed by atoms with Crippen molar-refractivity contribution in [3.8, 4) is 0 Å². The molecule has 1 heterocycles. The molecule has 0 saturated carbocycles. The van der Waals surface area contributed by atoms with Crippen LogP contribution < -0.4 is 29.6 Å². The average Bonchev–Trinajstić information content (AvgIpc) is 2.60. The van der Waals surface area contributed by atoms with Gasteiger partial charge in [-0.1, -0.05) is 18.7 Å². The van der Waals surface area contributed by atoms with Crippen molar-refractivity contribution in [2.45, 2.75) is 31.4 Å². The summed E-state index contributed by atoms with van der Waals surface area (Å²) in [6.07, 6.45) is 1.96. The normalized spacial score (nSPS) is 11.2. The van der Waals surface area contributed by atoms with Gasteiger partial charge in [0.1, 0.15) is 0 Å². The first-order valence-corrected chi connectivity index (χ1v) is 7.46. The van der Waals surface area contributed by atoms with Gasteiger partial charge < -0.3 is 8.97 Å². The molecular weight excluding hydrogens is 275 g/mol. The summed E-state index contributed by atoms with van der Waals surface area (Å²) < 4.78 is 36.2. The zero-order valence-corrected chi connectivity index (χ0v) is 13.5. The maximum atomic E-state index is 10.3. The van der Waals surface area contributed by atoms with Crippen molar-refractivity contribution in [2.24, 2.45) is 0 Å². The van der Waals surface area contributed by atoms with Gasteiger partial charge in [0.05, 0.1) is 10.1 Å². The third-order valence-electron chi connectivity index (χ3n) is 1.68. The van der Waals surface area contributed by atoms with Gasteiger partial charge in [0.25, 0.3) is 5.22 Å². The summed E-state index contributed by atoms with van der Waals surface area (Å²) in [7, 11) is -4.11. The molecule has 0 aliphatic heterocycles. The minimum absolute atomic E-state index is 0. The van der Waals surface area contributed by atoms with Crippen molar-refractivity contribution in [3.05, 3.63) is 5.89 Å². The fourth-order valence-corrected chi connectivity index (χ4v) is 2.40. The monoisotopic (exact) mass is 288 g/mol. The Labute approximate surface area is 127 Å². The number of aryl methyl sites for hydroxylation is 1. The SMILES string of the molecule is CCCc1nnc(SCCCS(=O)(=O)[O-])o1.[Na+]. The van der Waals surface area contributed by atoms with Crippen molar-refractivity contribution in [2.75, 3.05) is 11.5 Å². The van der Waals surface area contributed by atoms with Crippen molar-refractivity contribution in [1.82, 2.24) is 10.2 Å². The second-order valence-corrected chi connectivity index (χ2v) is 5.75. The van der Waals surface area contributed by atoms with E-state index in [-0.39, 0.29) is 35.3 Å². The largest absolute Gasteiger partial charge is 1.00 e.